The van der Waals surface area contributed by atoms with Crippen LogP contribution in [0.3, 0.4) is 0 Å². The molecule has 0 unspecified atom stereocenters. The molecule has 0 aliphatic carbocycles. The first-order valence-corrected chi connectivity index (χ1v) is 8.98. The van der Waals surface area contributed by atoms with Gasteiger partial charge in [-0.2, -0.15) is 0 Å². The molecule has 6 heteroatoms. The maximum absolute atomic E-state index is 12.4. The first kappa shape index (κ1) is 19.5. The van der Waals surface area contributed by atoms with Gasteiger partial charge in [0.1, 0.15) is 12.4 Å². The Balaban J connectivity index is 1.76. The zero-order chi connectivity index (χ0) is 19.7. The summed E-state index contributed by atoms with van der Waals surface area (Å²) < 4.78 is 23.0. The molecule has 2 aromatic rings. The normalized spacial score (nSPS) is 17.6. The van der Waals surface area contributed by atoms with E-state index in [1.165, 1.54) is 0 Å². The molecule has 1 saturated heterocycles. The van der Waals surface area contributed by atoms with Crippen molar-refractivity contribution in [1.82, 2.24) is 0 Å². The first-order valence-electron chi connectivity index (χ1n) is 8.98. The summed E-state index contributed by atoms with van der Waals surface area (Å²) >= 11 is 0. The number of hydrogen-bond donors (Lipinski definition) is 0. The zero-order valence-electron chi connectivity index (χ0n) is 16.4. The summed E-state index contributed by atoms with van der Waals surface area (Å²) in [6.07, 6.45) is 0. The fourth-order valence-corrected chi connectivity index (χ4v) is 2.81. The van der Waals surface area contributed by atoms with Crippen LogP contribution in [-0.2, 0) is 20.7 Å². The van der Waals surface area contributed by atoms with Crippen LogP contribution in [0.5, 0.6) is 5.75 Å². The van der Waals surface area contributed by atoms with Gasteiger partial charge in [0, 0.05) is 5.46 Å². The monoisotopic (exact) mass is 368 g/mol. The highest BCUT2D eigenvalue weighted by atomic mass is 16.7. The predicted octanol–water partition coefficient (Wildman–Crippen LogP) is 3.35. The number of hydrogen-bond acceptors (Lipinski definition) is 5. The van der Waals surface area contributed by atoms with Gasteiger partial charge >= 0.3 is 13.1 Å². The molecular weight excluding hydrogens is 343 g/mol. The maximum atomic E-state index is 12.4. The van der Waals surface area contributed by atoms with E-state index < -0.39 is 24.3 Å². The first-order chi connectivity index (χ1) is 12.7. The Morgan fingerprint density at radius 2 is 1.63 bits per heavy atom. The lowest BCUT2D eigenvalue weighted by Crippen LogP contribution is -2.41. The van der Waals surface area contributed by atoms with Crippen molar-refractivity contribution < 1.29 is 23.6 Å². The second kappa shape index (κ2) is 7.37. The van der Waals surface area contributed by atoms with Crippen molar-refractivity contribution in [1.29, 1.82) is 0 Å². The standard InChI is InChI=1S/C21H25BO5/c1-20(2)21(3,4)27-22(26-20)17-12-11-16(13-18(17)24-5)19(23)25-14-15-9-7-6-8-10-15/h6-13H,14H2,1-5H3. The Kier molecular flexibility index (Phi) is 5.31. The fourth-order valence-electron chi connectivity index (χ4n) is 2.81. The number of carbonyl (C=O) groups excluding carboxylic acids is 1. The summed E-state index contributed by atoms with van der Waals surface area (Å²) in [6, 6.07) is 14.7. The second-order valence-corrected chi connectivity index (χ2v) is 7.61. The van der Waals surface area contributed by atoms with E-state index in [-0.39, 0.29) is 6.61 Å². The van der Waals surface area contributed by atoms with Crippen LogP contribution in [0.4, 0.5) is 0 Å². The van der Waals surface area contributed by atoms with Crippen molar-refractivity contribution in [2.45, 2.75) is 45.5 Å². The molecule has 0 radical (unpaired) electrons. The summed E-state index contributed by atoms with van der Waals surface area (Å²) in [5, 5.41) is 0. The number of methoxy groups -OCH3 is 1. The number of esters is 1. The summed E-state index contributed by atoms with van der Waals surface area (Å²) in [5.41, 5.74) is 1.21. The number of benzene rings is 2. The van der Waals surface area contributed by atoms with E-state index in [2.05, 4.69) is 0 Å². The van der Waals surface area contributed by atoms with Crippen LogP contribution in [0, 0.1) is 0 Å². The van der Waals surface area contributed by atoms with Crippen LogP contribution in [0.15, 0.2) is 48.5 Å². The van der Waals surface area contributed by atoms with Crippen LogP contribution in [-0.4, -0.2) is 31.4 Å². The lowest BCUT2D eigenvalue weighted by molar-refractivity contribution is 0.00578. The topological polar surface area (TPSA) is 54.0 Å². The molecule has 0 N–H and O–H groups in total. The van der Waals surface area contributed by atoms with E-state index in [4.69, 9.17) is 18.8 Å². The molecule has 1 aliphatic heterocycles. The molecule has 1 fully saturated rings. The third-order valence-electron chi connectivity index (χ3n) is 5.19. The van der Waals surface area contributed by atoms with Crippen molar-refractivity contribution in [2.75, 3.05) is 7.11 Å². The molecule has 0 saturated carbocycles. The molecule has 0 spiro atoms. The van der Waals surface area contributed by atoms with Crippen LogP contribution in [0.1, 0.15) is 43.6 Å². The second-order valence-electron chi connectivity index (χ2n) is 7.61. The zero-order valence-corrected chi connectivity index (χ0v) is 16.4. The van der Waals surface area contributed by atoms with Crippen molar-refractivity contribution in [2.24, 2.45) is 0 Å². The van der Waals surface area contributed by atoms with Crippen LogP contribution < -0.4 is 10.2 Å². The smallest absolute Gasteiger partial charge is 0.497 e. The number of ether oxygens (including phenoxy) is 2. The van der Waals surface area contributed by atoms with Gasteiger partial charge in [0.25, 0.3) is 0 Å². The minimum atomic E-state index is -0.556. The van der Waals surface area contributed by atoms with Gasteiger partial charge in [-0.1, -0.05) is 36.4 Å². The molecule has 3 rings (SSSR count). The van der Waals surface area contributed by atoms with Crippen molar-refractivity contribution in [3.05, 3.63) is 59.7 Å². The molecule has 0 amide bonds. The van der Waals surface area contributed by atoms with Gasteiger partial charge in [-0.3, -0.25) is 0 Å². The van der Waals surface area contributed by atoms with Crippen LogP contribution in [0.2, 0.25) is 0 Å². The Hall–Kier alpha value is -2.31. The highest BCUT2D eigenvalue weighted by Crippen LogP contribution is 2.37. The average molecular weight is 368 g/mol. The quantitative estimate of drug-likeness (QED) is 0.599. The minimum absolute atomic E-state index is 0.223. The van der Waals surface area contributed by atoms with Gasteiger partial charge in [-0.15, -0.1) is 0 Å². The molecule has 0 aromatic heterocycles. The lowest BCUT2D eigenvalue weighted by atomic mass is 9.78. The molecule has 0 atom stereocenters. The highest BCUT2D eigenvalue weighted by molar-refractivity contribution is 6.63. The van der Waals surface area contributed by atoms with Gasteiger partial charge < -0.3 is 18.8 Å². The summed E-state index contributed by atoms with van der Waals surface area (Å²) in [7, 11) is 1.00. The highest BCUT2D eigenvalue weighted by Gasteiger charge is 2.52. The van der Waals surface area contributed by atoms with E-state index in [9.17, 15) is 4.79 Å². The largest absolute Gasteiger partial charge is 0.498 e. The van der Waals surface area contributed by atoms with Gasteiger partial charge in [-0.25, -0.2) is 4.79 Å². The molecule has 2 aromatic carbocycles. The maximum Gasteiger partial charge on any atom is 0.498 e. The summed E-state index contributed by atoms with van der Waals surface area (Å²) in [4.78, 5) is 12.4. The predicted molar refractivity (Wildman–Crippen MR) is 104 cm³/mol. The Morgan fingerprint density at radius 3 is 2.22 bits per heavy atom. The molecule has 5 nitrogen and oxygen atoms in total. The number of carbonyl (C=O) groups is 1. The lowest BCUT2D eigenvalue weighted by Gasteiger charge is -2.32. The minimum Gasteiger partial charge on any atom is -0.497 e. The van der Waals surface area contributed by atoms with Gasteiger partial charge in [0.15, 0.2) is 0 Å². The van der Waals surface area contributed by atoms with Crippen LogP contribution >= 0.6 is 0 Å². The molecule has 1 heterocycles. The number of rotatable bonds is 5. The molecule has 142 valence electrons. The van der Waals surface area contributed by atoms with E-state index >= 15 is 0 Å². The third-order valence-corrected chi connectivity index (χ3v) is 5.19. The van der Waals surface area contributed by atoms with Crippen molar-refractivity contribution in [3.63, 3.8) is 0 Å². The molecule has 1 aliphatic rings. The fraction of sp³-hybridized carbons (Fsp3) is 0.381. The molecule has 27 heavy (non-hydrogen) atoms. The van der Waals surface area contributed by atoms with E-state index in [1.807, 2.05) is 58.0 Å². The molecular formula is C21H25BO5. The van der Waals surface area contributed by atoms with E-state index in [0.717, 1.165) is 11.0 Å². The van der Waals surface area contributed by atoms with Crippen molar-refractivity contribution >= 4 is 18.6 Å². The van der Waals surface area contributed by atoms with Crippen LogP contribution in [0.25, 0.3) is 0 Å². The van der Waals surface area contributed by atoms with E-state index in [1.54, 1.807) is 25.3 Å². The summed E-state index contributed by atoms with van der Waals surface area (Å²) in [6.45, 7) is 8.20. The van der Waals surface area contributed by atoms with Gasteiger partial charge in [0.2, 0.25) is 0 Å². The average Bonchev–Trinajstić information content (AvgIpc) is 2.87. The Labute approximate surface area is 160 Å². The molecule has 0 bridgehead atoms. The summed E-state index contributed by atoms with van der Waals surface area (Å²) in [5.74, 6) is 0.125. The van der Waals surface area contributed by atoms with Gasteiger partial charge in [0.05, 0.1) is 23.9 Å². The van der Waals surface area contributed by atoms with E-state index in [0.29, 0.717) is 11.3 Å². The van der Waals surface area contributed by atoms with Gasteiger partial charge in [-0.05, 0) is 45.4 Å². The SMILES string of the molecule is COc1cc(C(=O)OCc2ccccc2)ccc1B1OC(C)(C)C(C)(C)O1. The third kappa shape index (κ3) is 4.02. The Bertz CT molecular complexity index is 801. The Morgan fingerprint density at radius 1 is 1.00 bits per heavy atom. The van der Waals surface area contributed by atoms with Crippen molar-refractivity contribution in [3.8, 4) is 5.75 Å².